The van der Waals surface area contributed by atoms with Gasteiger partial charge in [-0.1, -0.05) is 12.1 Å². The van der Waals surface area contributed by atoms with Gasteiger partial charge in [0.2, 0.25) is 5.91 Å². The molecule has 0 atom stereocenters. The molecular formula is C15H20BNO3. The van der Waals surface area contributed by atoms with E-state index in [9.17, 15) is 4.79 Å². The minimum absolute atomic E-state index is 0.0502. The fourth-order valence-corrected chi connectivity index (χ4v) is 2.68. The second-order valence-electron chi connectivity index (χ2n) is 6.69. The van der Waals surface area contributed by atoms with Gasteiger partial charge >= 0.3 is 7.12 Å². The smallest absolute Gasteiger partial charge is 0.399 e. The third kappa shape index (κ3) is 1.96. The van der Waals surface area contributed by atoms with E-state index >= 15 is 0 Å². The van der Waals surface area contributed by atoms with E-state index in [-0.39, 0.29) is 24.2 Å². The Kier molecular flexibility index (Phi) is 2.79. The molecule has 0 unspecified atom stereocenters. The Morgan fingerprint density at radius 1 is 1.15 bits per heavy atom. The molecule has 0 spiro atoms. The number of fused-ring (bicyclic) bond motifs is 1. The molecule has 1 fully saturated rings. The van der Waals surface area contributed by atoms with Gasteiger partial charge in [0.1, 0.15) is 0 Å². The molecule has 2 aliphatic heterocycles. The lowest BCUT2D eigenvalue weighted by Crippen LogP contribution is -2.41. The molecule has 3 rings (SSSR count). The number of hydrogen-bond donors (Lipinski definition) is 1. The Morgan fingerprint density at radius 3 is 2.35 bits per heavy atom. The van der Waals surface area contributed by atoms with Crippen molar-refractivity contribution in [3.05, 3.63) is 23.3 Å². The minimum Gasteiger partial charge on any atom is -0.399 e. The highest BCUT2D eigenvalue weighted by Gasteiger charge is 2.51. The number of anilines is 1. The van der Waals surface area contributed by atoms with E-state index in [0.29, 0.717) is 6.42 Å². The number of rotatable bonds is 1. The molecule has 5 heteroatoms. The van der Waals surface area contributed by atoms with Crippen LogP contribution in [0.4, 0.5) is 5.69 Å². The second kappa shape index (κ2) is 4.09. The van der Waals surface area contributed by atoms with Crippen LogP contribution in [0.5, 0.6) is 0 Å². The maximum absolute atomic E-state index is 11.5. The van der Waals surface area contributed by atoms with Crippen molar-refractivity contribution in [2.24, 2.45) is 0 Å². The first-order valence-electron chi connectivity index (χ1n) is 6.98. The van der Waals surface area contributed by atoms with Gasteiger partial charge in [0, 0.05) is 5.69 Å². The Bertz CT molecular complexity index is 579. The molecule has 0 bridgehead atoms. The molecular weight excluding hydrogens is 253 g/mol. The third-order valence-electron chi connectivity index (χ3n) is 4.58. The molecule has 0 radical (unpaired) electrons. The molecule has 1 amide bonds. The van der Waals surface area contributed by atoms with Gasteiger partial charge in [-0.15, -0.1) is 0 Å². The lowest BCUT2D eigenvalue weighted by molar-refractivity contribution is -0.115. The summed E-state index contributed by atoms with van der Waals surface area (Å²) in [4.78, 5) is 11.5. The van der Waals surface area contributed by atoms with Crippen LogP contribution >= 0.6 is 0 Å². The lowest BCUT2D eigenvalue weighted by atomic mass is 9.77. The predicted molar refractivity (Wildman–Crippen MR) is 79.2 cm³/mol. The summed E-state index contributed by atoms with van der Waals surface area (Å²) in [5.41, 5.74) is 3.31. The van der Waals surface area contributed by atoms with Crippen LogP contribution in [-0.4, -0.2) is 24.2 Å². The zero-order valence-corrected chi connectivity index (χ0v) is 12.7. The summed E-state index contributed by atoms with van der Waals surface area (Å²) < 4.78 is 12.1. The third-order valence-corrected chi connectivity index (χ3v) is 4.58. The quantitative estimate of drug-likeness (QED) is 0.793. The van der Waals surface area contributed by atoms with Crippen molar-refractivity contribution in [3.8, 4) is 0 Å². The number of hydrogen-bond acceptors (Lipinski definition) is 3. The molecule has 106 valence electrons. The number of carbonyl (C=O) groups is 1. The molecule has 20 heavy (non-hydrogen) atoms. The SMILES string of the molecule is Cc1cc(B2OC(C)(C)C(C)(C)O2)cc2c1NC(=O)C2. The highest BCUT2D eigenvalue weighted by atomic mass is 16.7. The number of amides is 1. The normalized spacial score (nSPS) is 22.9. The van der Waals surface area contributed by atoms with Crippen molar-refractivity contribution in [1.29, 1.82) is 0 Å². The van der Waals surface area contributed by atoms with Crippen LogP contribution in [0.3, 0.4) is 0 Å². The van der Waals surface area contributed by atoms with Gasteiger partial charge in [-0.2, -0.15) is 0 Å². The molecule has 2 heterocycles. The lowest BCUT2D eigenvalue weighted by Gasteiger charge is -2.32. The van der Waals surface area contributed by atoms with Crippen LogP contribution < -0.4 is 10.8 Å². The minimum atomic E-state index is -0.375. The zero-order valence-electron chi connectivity index (χ0n) is 12.7. The number of benzene rings is 1. The van der Waals surface area contributed by atoms with Crippen molar-refractivity contribution < 1.29 is 14.1 Å². The van der Waals surface area contributed by atoms with Crippen molar-refractivity contribution >= 4 is 24.2 Å². The summed E-state index contributed by atoms with van der Waals surface area (Å²) in [6.45, 7) is 10.2. The van der Waals surface area contributed by atoms with E-state index in [4.69, 9.17) is 9.31 Å². The van der Waals surface area contributed by atoms with E-state index in [1.165, 1.54) is 0 Å². The Hall–Kier alpha value is -1.33. The number of aryl methyl sites for hydroxylation is 1. The number of carbonyl (C=O) groups excluding carboxylic acids is 1. The summed E-state index contributed by atoms with van der Waals surface area (Å²) in [6, 6.07) is 4.05. The highest BCUT2D eigenvalue weighted by molar-refractivity contribution is 6.62. The summed E-state index contributed by atoms with van der Waals surface area (Å²) in [7, 11) is -0.375. The van der Waals surface area contributed by atoms with Gasteiger partial charge in [-0.3, -0.25) is 4.79 Å². The first kappa shape index (κ1) is 13.6. The number of nitrogens with one attached hydrogen (secondary N) is 1. The largest absolute Gasteiger partial charge is 0.494 e. The van der Waals surface area contributed by atoms with Gasteiger partial charge in [-0.25, -0.2) is 0 Å². The Labute approximate surface area is 120 Å². The fraction of sp³-hybridized carbons (Fsp3) is 0.533. The first-order chi connectivity index (χ1) is 9.19. The maximum Gasteiger partial charge on any atom is 0.494 e. The van der Waals surface area contributed by atoms with Gasteiger partial charge in [0.05, 0.1) is 17.6 Å². The maximum atomic E-state index is 11.5. The highest BCUT2D eigenvalue weighted by Crippen LogP contribution is 2.37. The van der Waals surface area contributed by atoms with Crippen molar-refractivity contribution in [2.75, 3.05) is 5.32 Å². The summed E-state index contributed by atoms with van der Waals surface area (Å²) in [5.74, 6) is 0.0502. The molecule has 1 aromatic carbocycles. The average molecular weight is 273 g/mol. The Balaban J connectivity index is 1.96. The van der Waals surface area contributed by atoms with Gasteiger partial charge < -0.3 is 14.6 Å². The Morgan fingerprint density at radius 2 is 1.75 bits per heavy atom. The summed E-state index contributed by atoms with van der Waals surface area (Å²) in [5, 5.41) is 2.90. The monoisotopic (exact) mass is 273 g/mol. The van der Waals surface area contributed by atoms with Crippen molar-refractivity contribution in [3.63, 3.8) is 0 Å². The van der Waals surface area contributed by atoms with Gasteiger partial charge in [-0.05, 0) is 51.2 Å². The van der Waals surface area contributed by atoms with Crippen molar-refractivity contribution in [1.82, 2.24) is 0 Å². The molecule has 1 N–H and O–H groups in total. The summed E-state index contributed by atoms with van der Waals surface area (Å²) in [6.07, 6.45) is 0.434. The van der Waals surface area contributed by atoms with Crippen LogP contribution in [0.15, 0.2) is 12.1 Å². The standard InChI is InChI=1S/C15H20BNO3/c1-9-6-11(7-10-8-12(18)17-13(9)10)16-19-14(2,3)15(4,5)20-16/h6-7H,8H2,1-5H3,(H,17,18). The molecule has 0 aliphatic carbocycles. The van der Waals surface area contributed by atoms with Crippen LogP contribution in [0, 0.1) is 6.92 Å². The fourth-order valence-electron chi connectivity index (χ4n) is 2.68. The molecule has 1 saturated heterocycles. The van der Waals surface area contributed by atoms with Crippen LogP contribution in [0.1, 0.15) is 38.8 Å². The van der Waals surface area contributed by atoms with E-state index in [0.717, 1.165) is 22.3 Å². The van der Waals surface area contributed by atoms with E-state index in [1.807, 2.05) is 46.8 Å². The van der Waals surface area contributed by atoms with Gasteiger partial charge in [0.25, 0.3) is 0 Å². The van der Waals surface area contributed by atoms with Crippen LogP contribution in [-0.2, 0) is 20.5 Å². The molecule has 0 aromatic heterocycles. The molecule has 2 aliphatic rings. The molecule has 4 nitrogen and oxygen atoms in total. The van der Waals surface area contributed by atoms with E-state index in [2.05, 4.69) is 5.32 Å². The molecule has 1 aromatic rings. The van der Waals surface area contributed by atoms with E-state index < -0.39 is 0 Å². The van der Waals surface area contributed by atoms with Gasteiger partial charge in [0.15, 0.2) is 0 Å². The second-order valence-corrected chi connectivity index (χ2v) is 6.69. The molecule has 0 saturated carbocycles. The summed E-state index contributed by atoms with van der Waals surface area (Å²) >= 11 is 0. The van der Waals surface area contributed by atoms with Crippen LogP contribution in [0.2, 0.25) is 0 Å². The topological polar surface area (TPSA) is 47.6 Å². The first-order valence-corrected chi connectivity index (χ1v) is 6.98. The zero-order chi connectivity index (χ0) is 14.7. The van der Waals surface area contributed by atoms with E-state index in [1.54, 1.807) is 0 Å². The van der Waals surface area contributed by atoms with Crippen LogP contribution in [0.25, 0.3) is 0 Å². The average Bonchev–Trinajstić information content (AvgIpc) is 2.77. The van der Waals surface area contributed by atoms with Crippen molar-refractivity contribution in [2.45, 2.75) is 52.2 Å². The predicted octanol–water partition coefficient (Wildman–Crippen LogP) is 1.79.